The van der Waals surface area contributed by atoms with Gasteiger partial charge in [0.05, 0.1) is 22.1 Å². The van der Waals surface area contributed by atoms with Crippen molar-refractivity contribution in [2.75, 3.05) is 7.05 Å². The van der Waals surface area contributed by atoms with Gasteiger partial charge in [-0.2, -0.15) is 10.2 Å². The molecule has 2 aromatic rings. The largest absolute Gasteiger partial charge is 0.313 e. The minimum Gasteiger partial charge on any atom is -0.313 e. The molecule has 2 aromatic heterocycles. The number of hydrogen-bond donors (Lipinski definition) is 1. The molecule has 0 saturated carbocycles. The first-order valence-electron chi connectivity index (χ1n) is 6.55. The number of hydrogen-bond acceptors (Lipinski definition) is 5. The topological polar surface area (TPSA) is 50.7 Å². The van der Waals surface area contributed by atoms with E-state index in [2.05, 4.69) is 38.9 Å². The molecule has 0 fully saturated rings. The van der Waals surface area contributed by atoms with Gasteiger partial charge in [-0.1, -0.05) is 6.92 Å². The van der Waals surface area contributed by atoms with Gasteiger partial charge in [0, 0.05) is 17.8 Å². The summed E-state index contributed by atoms with van der Waals surface area (Å²) in [6.07, 6.45) is 1.79. The minimum atomic E-state index is 0.241. The fourth-order valence-electron chi connectivity index (χ4n) is 2.19. The Kier molecular flexibility index (Phi) is 4.61. The van der Waals surface area contributed by atoms with Crippen molar-refractivity contribution in [3.05, 3.63) is 39.1 Å². The molecule has 1 atom stereocenters. The molecule has 5 heteroatoms. The predicted octanol–water partition coefficient (Wildman–Crippen LogP) is 2.62. The van der Waals surface area contributed by atoms with E-state index in [0.717, 1.165) is 34.9 Å². The van der Waals surface area contributed by atoms with Crippen molar-refractivity contribution in [2.24, 2.45) is 0 Å². The fourth-order valence-corrected chi connectivity index (χ4v) is 2.81. The fraction of sp³-hybridized carbons (Fsp3) is 0.500. The summed E-state index contributed by atoms with van der Waals surface area (Å²) in [4.78, 5) is 4.54. The first-order valence-corrected chi connectivity index (χ1v) is 7.43. The zero-order valence-electron chi connectivity index (χ0n) is 11.9. The van der Waals surface area contributed by atoms with Crippen LogP contribution in [-0.2, 0) is 12.8 Å². The lowest BCUT2D eigenvalue weighted by atomic mass is 9.99. The number of nitrogens with one attached hydrogen (secondary N) is 1. The van der Waals surface area contributed by atoms with Crippen molar-refractivity contribution in [3.8, 4) is 0 Å². The lowest BCUT2D eigenvalue weighted by molar-refractivity contribution is 0.573. The quantitative estimate of drug-likeness (QED) is 0.912. The van der Waals surface area contributed by atoms with Crippen LogP contribution in [0.1, 0.15) is 40.6 Å². The summed E-state index contributed by atoms with van der Waals surface area (Å²) in [7, 11) is 1.99. The van der Waals surface area contributed by atoms with Crippen LogP contribution in [0.3, 0.4) is 0 Å². The molecule has 2 rings (SSSR count). The third-order valence-corrected chi connectivity index (χ3v) is 3.99. The lowest BCUT2D eigenvalue weighted by Crippen LogP contribution is -2.21. The molecule has 0 amide bonds. The number of nitrogens with zero attached hydrogens (tertiary/aromatic N) is 3. The third kappa shape index (κ3) is 3.36. The van der Waals surface area contributed by atoms with Gasteiger partial charge in [0.15, 0.2) is 0 Å². The van der Waals surface area contributed by atoms with Gasteiger partial charge in [0.1, 0.15) is 0 Å². The van der Waals surface area contributed by atoms with Crippen molar-refractivity contribution in [3.63, 3.8) is 0 Å². The molecule has 102 valence electrons. The smallest absolute Gasteiger partial charge is 0.0897 e. The minimum absolute atomic E-state index is 0.241. The second-order valence-corrected chi connectivity index (χ2v) is 5.71. The van der Waals surface area contributed by atoms with E-state index in [4.69, 9.17) is 0 Å². The molecule has 2 heterocycles. The molecule has 0 aromatic carbocycles. The lowest BCUT2D eigenvalue weighted by Gasteiger charge is -2.18. The van der Waals surface area contributed by atoms with Gasteiger partial charge in [-0.05, 0) is 38.9 Å². The standard InChI is InChI=1S/C14H20N4S/c1-5-13-12(6-9(2)17-18-13)14(15-4)7-11-8-19-10(3)16-11/h6,8,14-15H,5,7H2,1-4H3. The van der Waals surface area contributed by atoms with E-state index >= 15 is 0 Å². The monoisotopic (exact) mass is 276 g/mol. The van der Waals surface area contributed by atoms with Gasteiger partial charge in [-0.25, -0.2) is 4.98 Å². The summed E-state index contributed by atoms with van der Waals surface area (Å²) in [5.41, 5.74) is 4.40. The van der Waals surface area contributed by atoms with E-state index in [1.54, 1.807) is 11.3 Å². The van der Waals surface area contributed by atoms with E-state index in [0.29, 0.717) is 0 Å². The number of rotatable bonds is 5. The van der Waals surface area contributed by atoms with Crippen molar-refractivity contribution in [1.82, 2.24) is 20.5 Å². The van der Waals surface area contributed by atoms with Crippen LogP contribution in [0.15, 0.2) is 11.4 Å². The maximum atomic E-state index is 4.54. The third-order valence-electron chi connectivity index (χ3n) is 3.16. The SMILES string of the molecule is CCc1nnc(C)cc1C(Cc1csc(C)n1)NC. The van der Waals surface area contributed by atoms with Crippen LogP contribution in [-0.4, -0.2) is 22.2 Å². The maximum Gasteiger partial charge on any atom is 0.0897 e. The van der Waals surface area contributed by atoms with Gasteiger partial charge < -0.3 is 5.32 Å². The van der Waals surface area contributed by atoms with Gasteiger partial charge in [0.25, 0.3) is 0 Å². The molecule has 0 bridgehead atoms. The van der Waals surface area contributed by atoms with Crippen LogP contribution in [0.5, 0.6) is 0 Å². The molecule has 19 heavy (non-hydrogen) atoms. The number of thiazole rings is 1. The Bertz CT molecular complexity index is 550. The molecule has 0 spiro atoms. The predicted molar refractivity (Wildman–Crippen MR) is 78.5 cm³/mol. The van der Waals surface area contributed by atoms with Crippen LogP contribution >= 0.6 is 11.3 Å². The summed E-state index contributed by atoms with van der Waals surface area (Å²) in [5.74, 6) is 0. The van der Waals surface area contributed by atoms with Crippen LogP contribution in [0, 0.1) is 13.8 Å². The molecule has 0 aliphatic carbocycles. The summed E-state index contributed by atoms with van der Waals surface area (Å²) in [6.45, 7) is 6.14. The number of aryl methyl sites for hydroxylation is 3. The highest BCUT2D eigenvalue weighted by Crippen LogP contribution is 2.22. The zero-order chi connectivity index (χ0) is 13.8. The van der Waals surface area contributed by atoms with Gasteiger partial charge in [0.2, 0.25) is 0 Å². The first kappa shape index (κ1) is 14.1. The highest BCUT2D eigenvalue weighted by Gasteiger charge is 2.16. The van der Waals surface area contributed by atoms with Gasteiger partial charge >= 0.3 is 0 Å². The zero-order valence-corrected chi connectivity index (χ0v) is 12.7. The number of aromatic nitrogens is 3. The Labute approximate surface area is 118 Å². The molecule has 0 aliphatic rings. The van der Waals surface area contributed by atoms with Crippen molar-refractivity contribution in [2.45, 2.75) is 39.7 Å². The Morgan fingerprint density at radius 2 is 2.11 bits per heavy atom. The average molecular weight is 276 g/mol. The molecule has 0 aliphatic heterocycles. The second kappa shape index (κ2) is 6.21. The van der Waals surface area contributed by atoms with E-state index < -0.39 is 0 Å². The Morgan fingerprint density at radius 1 is 1.32 bits per heavy atom. The molecular formula is C14H20N4S. The molecule has 0 radical (unpaired) electrons. The summed E-state index contributed by atoms with van der Waals surface area (Å²) >= 11 is 1.70. The Morgan fingerprint density at radius 3 is 2.68 bits per heavy atom. The van der Waals surface area contributed by atoms with Crippen molar-refractivity contribution < 1.29 is 0 Å². The molecular weight excluding hydrogens is 256 g/mol. The molecule has 4 nitrogen and oxygen atoms in total. The van der Waals surface area contributed by atoms with Crippen molar-refractivity contribution >= 4 is 11.3 Å². The summed E-state index contributed by atoms with van der Waals surface area (Å²) in [6, 6.07) is 2.37. The van der Waals surface area contributed by atoms with E-state index in [-0.39, 0.29) is 6.04 Å². The van der Waals surface area contributed by atoms with E-state index in [1.165, 1.54) is 5.56 Å². The summed E-state index contributed by atoms with van der Waals surface area (Å²) in [5, 5.41) is 15.1. The molecule has 1 N–H and O–H groups in total. The van der Waals surface area contributed by atoms with Crippen LogP contribution in [0.2, 0.25) is 0 Å². The Hall–Kier alpha value is -1.33. The molecule has 0 saturated heterocycles. The van der Waals surface area contributed by atoms with Crippen molar-refractivity contribution in [1.29, 1.82) is 0 Å². The van der Waals surface area contributed by atoms with Crippen LogP contribution in [0.25, 0.3) is 0 Å². The average Bonchev–Trinajstić information content (AvgIpc) is 2.81. The highest BCUT2D eigenvalue weighted by molar-refractivity contribution is 7.09. The van der Waals surface area contributed by atoms with Gasteiger partial charge in [-0.3, -0.25) is 0 Å². The van der Waals surface area contributed by atoms with E-state index in [1.807, 2.05) is 20.9 Å². The highest BCUT2D eigenvalue weighted by atomic mass is 32.1. The maximum absolute atomic E-state index is 4.54. The van der Waals surface area contributed by atoms with Crippen LogP contribution < -0.4 is 5.32 Å². The summed E-state index contributed by atoms with van der Waals surface area (Å²) < 4.78 is 0. The van der Waals surface area contributed by atoms with E-state index in [9.17, 15) is 0 Å². The number of likely N-dealkylation sites (N-methyl/N-ethyl adjacent to an activating group) is 1. The Balaban J connectivity index is 2.28. The first-order chi connectivity index (χ1) is 9.13. The van der Waals surface area contributed by atoms with Crippen LogP contribution in [0.4, 0.5) is 0 Å². The molecule has 1 unspecified atom stereocenters. The normalized spacial score (nSPS) is 12.6. The van der Waals surface area contributed by atoms with Gasteiger partial charge in [-0.15, -0.1) is 11.3 Å². The second-order valence-electron chi connectivity index (χ2n) is 4.64.